The van der Waals surface area contributed by atoms with Crippen molar-refractivity contribution in [2.45, 2.75) is 37.6 Å². The second-order valence-electron chi connectivity index (χ2n) is 9.23. The van der Waals surface area contributed by atoms with Gasteiger partial charge in [-0.05, 0) is 31.0 Å². The molecule has 2 saturated heterocycles. The highest BCUT2D eigenvalue weighted by Gasteiger charge is 2.42. The van der Waals surface area contributed by atoms with Crippen LogP contribution in [0.1, 0.15) is 32.1 Å². The molecule has 1 aliphatic carbocycles. The molecule has 3 N–H and O–H groups in total. The van der Waals surface area contributed by atoms with Gasteiger partial charge in [-0.25, -0.2) is 0 Å². The Hall–Kier alpha value is -1.34. The Balaban J connectivity index is 1.25. The number of amides is 1. The van der Waals surface area contributed by atoms with Crippen molar-refractivity contribution in [2.24, 2.45) is 0 Å². The first-order valence-corrected chi connectivity index (χ1v) is 12.1. The van der Waals surface area contributed by atoms with E-state index in [4.69, 9.17) is 16.3 Å². The van der Waals surface area contributed by atoms with Crippen LogP contribution in [0.25, 0.3) is 0 Å². The van der Waals surface area contributed by atoms with Crippen LogP contribution in [0.4, 0.5) is 5.69 Å². The van der Waals surface area contributed by atoms with E-state index in [1.54, 1.807) is 4.90 Å². The van der Waals surface area contributed by atoms with E-state index in [1.807, 2.05) is 18.2 Å². The van der Waals surface area contributed by atoms with Crippen molar-refractivity contribution in [1.82, 2.24) is 5.32 Å². The van der Waals surface area contributed by atoms with Crippen LogP contribution in [0.5, 0.6) is 0 Å². The van der Waals surface area contributed by atoms with E-state index in [1.165, 1.54) is 42.7 Å². The van der Waals surface area contributed by atoms with E-state index in [9.17, 15) is 4.79 Å². The lowest BCUT2D eigenvalue weighted by molar-refractivity contribution is -0.960. The van der Waals surface area contributed by atoms with Crippen molar-refractivity contribution in [2.75, 3.05) is 70.5 Å². The van der Waals surface area contributed by atoms with Crippen molar-refractivity contribution in [3.05, 3.63) is 29.3 Å². The largest absolute Gasteiger partial charge is 0.370 e. The minimum absolute atomic E-state index is 0.207. The number of carbonyl (C=O) groups excluding carboxylic acids is 1. The summed E-state index contributed by atoms with van der Waals surface area (Å²) in [4.78, 5) is 18.2. The smallest absolute Gasteiger partial charge is 0.275 e. The second-order valence-corrected chi connectivity index (χ2v) is 9.66. The summed E-state index contributed by atoms with van der Waals surface area (Å²) >= 11 is 6.13. The van der Waals surface area contributed by atoms with Gasteiger partial charge in [0.2, 0.25) is 0 Å². The molecule has 7 heteroatoms. The fraction of sp³-hybridized carbons (Fsp3) is 0.696. The highest BCUT2D eigenvalue weighted by molar-refractivity contribution is 6.30. The van der Waals surface area contributed by atoms with Crippen LogP contribution in [0, 0.1) is 0 Å². The SMILES string of the molecule is O=C(C[NH+]1CCN(c2cccc(Cl)c2)CC1)NCC1([NH+]2CCOCC2)CCCCC1. The Morgan fingerprint density at radius 2 is 1.83 bits per heavy atom. The van der Waals surface area contributed by atoms with Crippen molar-refractivity contribution < 1.29 is 19.3 Å². The fourth-order valence-electron chi connectivity index (χ4n) is 5.52. The number of rotatable bonds is 6. The number of hydrogen-bond acceptors (Lipinski definition) is 3. The molecule has 1 aromatic carbocycles. The molecule has 3 fully saturated rings. The van der Waals surface area contributed by atoms with Gasteiger partial charge in [0.25, 0.3) is 5.91 Å². The highest BCUT2D eigenvalue weighted by Crippen LogP contribution is 2.25. The standard InChI is InChI=1S/C23H35ClN4O2/c24-20-5-4-6-21(17-20)27-11-9-26(10-12-27)18-22(29)25-19-23(7-2-1-3-8-23)28-13-15-30-16-14-28/h4-6,17H,1-3,7-16,18-19H2,(H,25,29)/p+2. The predicted octanol–water partition coefficient (Wildman–Crippen LogP) is -0.221. The van der Waals surface area contributed by atoms with E-state index >= 15 is 0 Å². The average Bonchev–Trinajstić information content (AvgIpc) is 2.79. The van der Waals surface area contributed by atoms with Crippen LogP contribution in [-0.4, -0.2) is 77.0 Å². The fourth-order valence-corrected chi connectivity index (χ4v) is 5.70. The number of nitrogens with zero attached hydrogens (tertiary/aromatic N) is 1. The molecule has 0 bridgehead atoms. The number of anilines is 1. The normalized spacial score (nSPS) is 23.3. The molecule has 1 amide bonds. The third kappa shape index (κ3) is 5.47. The molecule has 0 radical (unpaired) electrons. The zero-order valence-corrected chi connectivity index (χ0v) is 18.8. The molecular formula is C23H37ClN4O2+2. The third-order valence-electron chi connectivity index (χ3n) is 7.34. The number of hydrogen-bond donors (Lipinski definition) is 3. The van der Waals surface area contributed by atoms with Gasteiger partial charge in [0.1, 0.15) is 18.6 Å². The number of nitrogens with one attached hydrogen (secondary N) is 3. The van der Waals surface area contributed by atoms with Crippen LogP contribution >= 0.6 is 11.6 Å². The number of benzene rings is 1. The summed E-state index contributed by atoms with van der Waals surface area (Å²) < 4.78 is 5.59. The lowest BCUT2D eigenvalue weighted by Crippen LogP contribution is -3.23. The topological polar surface area (TPSA) is 50.5 Å². The Morgan fingerprint density at radius 1 is 1.10 bits per heavy atom. The molecule has 2 heterocycles. The second kappa shape index (κ2) is 10.3. The van der Waals surface area contributed by atoms with Gasteiger partial charge in [0, 0.05) is 23.6 Å². The number of halogens is 1. The van der Waals surface area contributed by atoms with Crippen molar-refractivity contribution >= 4 is 23.2 Å². The zero-order chi connectivity index (χ0) is 20.8. The van der Waals surface area contributed by atoms with Gasteiger partial charge in [0.05, 0.1) is 45.9 Å². The van der Waals surface area contributed by atoms with E-state index in [-0.39, 0.29) is 11.4 Å². The van der Waals surface area contributed by atoms with Gasteiger partial charge in [-0.3, -0.25) is 4.79 Å². The molecule has 0 unspecified atom stereocenters. The maximum Gasteiger partial charge on any atom is 0.275 e. The third-order valence-corrected chi connectivity index (χ3v) is 7.57. The molecule has 30 heavy (non-hydrogen) atoms. The lowest BCUT2D eigenvalue weighted by atomic mass is 9.79. The number of ether oxygens (including phenoxy) is 1. The Labute approximate surface area is 185 Å². The van der Waals surface area contributed by atoms with E-state index in [2.05, 4.69) is 16.3 Å². The Morgan fingerprint density at radius 3 is 2.53 bits per heavy atom. The van der Waals surface area contributed by atoms with Crippen LogP contribution in [-0.2, 0) is 9.53 Å². The molecule has 3 aliphatic rings. The van der Waals surface area contributed by atoms with Gasteiger partial charge in [-0.2, -0.15) is 0 Å². The minimum Gasteiger partial charge on any atom is -0.370 e. The molecule has 1 aromatic rings. The molecule has 1 saturated carbocycles. The number of piperazine rings is 1. The highest BCUT2D eigenvalue weighted by atomic mass is 35.5. The molecule has 0 spiro atoms. The molecular weight excluding hydrogens is 400 g/mol. The van der Waals surface area contributed by atoms with Gasteiger partial charge in [0.15, 0.2) is 6.54 Å². The maximum atomic E-state index is 12.8. The first-order chi connectivity index (χ1) is 14.6. The maximum absolute atomic E-state index is 12.8. The molecule has 0 aromatic heterocycles. The van der Waals surface area contributed by atoms with Crippen LogP contribution in [0.15, 0.2) is 24.3 Å². The van der Waals surface area contributed by atoms with E-state index < -0.39 is 0 Å². The Bertz CT molecular complexity index is 696. The van der Waals surface area contributed by atoms with Crippen LogP contribution < -0.4 is 20.0 Å². The summed E-state index contributed by atoms with van der Waals surface area (Å²) in [6.07, 6.45) is 6.37. The summed E-state index contributed by atoms with van der Waals surface area (Å²) in [7, 11) is 0. The Kier molecular flexibility index (Phi) is 7.52. The van der Waals surface area contributed by atoms with Gasteiger partial charge >= 0.3 is 0 Å². The summed E-state index contributed by atoms with van der Waals surface area (Å²) in [5, 5.41) is 4.11. The summed E-state index contributed by atoms with van der Waals surface area (Å²) in [5.41, 5.74) is 1.40. The molecule has 0 atom stereocenters. The molecule has 6 nitrogen and oxygen atoms in total. The molecule has 166 valence electrons. The van der Waals surface area contributed by atoms with Crippen LogP contribution in [0.3, 0.4) is 0 Å². The van der Waals surface area contributed by atoms with Gasteiger partial charge in [-0.1, -0.05) is 24.1 Å². The predicted molar refractivity (Wildman–Crippen MR) is 120 cm³/mol. The van der Waals surface area contributed by atoms with E-state index in [0.29, 0.717) is 6.54 Å². The zero-order valence-electron chi connectivity index (χ0n) is 18.1. The number of quaternary nitrogens is 2. The average molecular weight is 437 g/mol. The molecule has 4 rings (SSSR count). The number of carbonyl (C=O) groups is 1. The van der Waals surface area contributed by atoms with Crippen molar-refractivity contribution in [1.29, 1.82) is 0 Å². The number of morpholine rings is 1. The van der Waals surface area contributed by atoms with E-state index in [0.717, 1.165) is 64.0 Å². The summed E-state index contributed by atoms with van der Waals surface area (Å²) in [6.45, 7) is 9.16. The van der Waals surface area contributed by atoms with Crippen LogP contribution in [0.2, 0.25) is 5.02 Å². The monoisotopic (exact) mass is 436 g/mol. The van der Waals surface area contributed by atoms with Crippen molar-refractivity contribution in [3.8, 4) is 0 Å². The first kappa shape index (κ1) is 21.9. The summed E-state index contributed by atoms with van der Waals surface area (Å²) in [6, 6.07) is 8.05. The summed E-state index contributed by atoms with van der Waals surface area (Å²) in [5.74, 6) is 0.207. The first-order valence-electron chi connectivity index (χ1n) is 11.7. The minimum atomic E-state index is 0.207. The lowest BCUT2D eigenvalue weighted by Gasteiger charge is -2.45. The van der Waals surface area contributed by atoms with Gasteiger partial charge in [-0.15, -0.1) is 0 Å². The van der Waals surface area contributed by atoms with Gasteiger partial charge < -0.3 is 24.8 Å². The molecule has 2 aliphatic heterocycles. The quantitative estimate of drug-likeness (QED) is 0.578. The van der Waals surface area contributed by atoms with Crippen molar-refractivity contribution in [3.63, 3.8) is 0 Å².